The van der Waals surface area contributed by atoms with Crippen molar-refractivity contribution in [3.63, 3.8) is 0 Å². The Hall–Kier alpha value is -1.63. The van der Waals surface area contributed by atoms with Gasteiger partial charge in [0.25, 0.3) is 0 Å². The zero-order chi connectivity index (χ0) is 11.9. The van der Waals surface area contributed by atoms with E-state index >= 15 is 0 Å². The second kappa shape index (κ2) is 6.19. The molecule has 2 rings (SSSR count). The molecular weight excluding hydrogens is 212 g/mol. The standard InChI is InChI=1S/C13H18N4/c14-8-12-9-17-13(10-16-12)15-7-3-6-11-4-1-2-5-11/h9-11H,1-7H2,(H,15,17). The van der Waals surface area contributed by atoms with Gasteiger partial charge in [-0.3, -0.25) is 0 Å². The summed E-state index contributed by atoms with van der Waals surface area (Å²) in [4.78, 5) is 8.09. The van der Waals surface area contributed by atoms with Crippen LogP contribution in [0.15, 0.2) is 12.4 Å². The SMILES string of the molecule is N#Cc1cnc(NCCCC2CCCC2)cn1. The monoisotopic (exact) mass is 230 g/mol. The number of hydrogen-bond donors (Lipinski definition) is 1. The normalized spacial score (nSPS) is 15.7. The highest BCUT2D eigenvalue weighted by molar-refractivity contribution is 5.32. The molecule has 4 heteroatoms. The second-order valence-corrected chi connectivity index (χ2v) is 4.62. The Morgan fingerprint density at radius 2 is 2.12 bits per heavy atom. The van der Waals surface area contributed by atoms with Crippen molar-refractivity contribution in [2.75, 3.05) is 11.9 Å². The Morgan fingerprint density at radius 3 is 2.76 bits per heavy atom. The lowest BCUT2D eigenvalue weighted by Crippen LogP contribution is -2.06. The summed E-state index contributed by atoms with van der Waals surface area (Å²) in [6, 6.07) is 1.96. The first-order valence-corrected chi connectivity index (χ1v) is 6.34. The Balaban J connectivity index is 1.65. The van der Waals surface area contributed by atoms with Crippen molar-refractivity contribution < 1.29 is 0 Å². The quantitative estimate of drug-likeness (QED) is 0.790. The van der Waals surface area contributed by atoms with Gasteiger partial charge in [-0.25, -0.2) is 9.97 Å². The number of rotatable bonds is 5. The molecule has 0 aliphatic heterocycles. The minimum atomic E-state index is 0.363. The number of nitriles is 1. The van der Waals surface area contributed by atoms with Crippen molar-refractivity contribution in [1.82, 2.24) is 9.97 Å². The van der Waals surface area contributed by atoms with Gasteiger partial charge in [-0.2, -0.15) is 5.26 Å². The molecule has 1 aromatic heterocycles. The molecule has 90 valence electrons. The van der Waals surface area contributed by atoms with Gasteiger partial charge in [0.2, 0.25) is 0 Å². The second-order valence-electron chi connectivity index (χ2n) is 4.62. The highest BCUT2D eigenvalue weighted by Gasteiger charge is 2.13. The van der Waals surface area contributed by atoms with Crippen LogP contribution in [0.3, 0.4) is 0 Å². The molecule has 0 radical (unpaired) electrons. The number of nitrogens with one attached hydrogen (secondary N) is 1. The predicted octanol–water partition coefficient (Wildman–Crippen LogP) is 2.73. The van der Waals surface area contributed by atoms with E-state index in [1.807, 2.05) is 6.07 Å². The average molecular weight is 230 g/mol. The molecule has 0 atom stereocenters. The van der Waals surface area contributed by atoms with E-state index in [1.165, 1.54) is 44.7 Å². The van der Waals surface area contributed by atoms with Crippen LogP contribution in [0, 0.1) is 17.2 Å². The minimum absolute atomic E-state index is 0.363. The summed E-state index contributed by atoms with van der Waals surface area (Å²) >= 11 is 0. The van der Waals surface area contributed by atoms with Crippen LogP contribution in [0.1, 0.15) is 44.2 Å². The number of nitrogens with zero attached hydrogens (tertiary/aromatic N) is 3. The van der Waals surface area contributed by atoms with Crippen LogP contribution in [0.4, 0.5) is 5.82 Å². The molecule has 1 aliphatic rings. The summed E-state index contributed by atoms with van der Waals surface area (Å²) < 4.78 is 0. The van der Waals surface area contributed by atoms with Gasteiger partial charge in [0.15, 0.2) is 5.69 Å². The van der Waals surface area contributed by atoms with Gasteiger partial charge in [-0.1, -0.05) is 25.7 Å². The third-order valence-electron chi connectivity index (χ3n) is 3.34. The maximum atomic E-state index is 8.59. The summed E-state index contributed by atoms with van der Waals surface area (Å²) in [5, 5.41) is 11.8. The zero-order valence-corrected chi connectivity index (χ0v) is 10.0. The highest BCUT2D eigenvalue weighted by Crippen LogP contribution is 2.28. The minimum Gasteiger partial charge on any atom is -0.369 e. The van der Waals surface area contributed by atoms with Crippen LogP contribution in [0.2, 0.25) is 0 Å². The molecule has 0 spiro atoms. The third kappa shape index (κ3) is 3.70. The summed E-state index contributed by atoms with van der Waals surface area (Å²) in [5.74, 6) is 1.71. The van der Waals surface area contributed by atoms with E-state index in [1.54, 1.807) is 6.20 Å². The molecule has 1 heterocycles. The van der Waals surface area contributed by atoms with Gasteiger partial charge in [-0.15, -0.1) is 0 Å². The fourth-order valence-electron chi connectivity index (χ4n) is 2.38. The zero-order valence-electron chi connectivity index (χ0n) is 10.0. The van der Waals surface area contributed by atoms with Crippen molar-refractivity contribution >= 4 is 5.82 Å². The molecule has 0 bridgehead atoms. The van der Waals surface area contributed by atoms with Gasteiger partial charge in [0.1, 0.15) is 11.9 Å². The van der Waals surface area contributed by atoms with Gasteiger partial charge >= 0.3 is 0 Å². The Labute approximate surface area is 102 Å². The maximum absolute atomic E-state index is 8.59. The van der Waals surface area contributed by atoms with Crippen LogP contribution in [0.5, 0.6) is 0 Å². The topological polar surface area (TPSA) is 61.6 Å². The molecule has 1 aromatic rings. The van der Waals surface area contributed by atoms with Crippen molar-refractivity contribution in [2.24, 2.45) is 5.92 Å². The number of hydrogen-bond acceptors (Lipinski definition) is 4. The summed E-state index contributed by atoms with van der Waals surface area (Å²) in [6.07, 6.45) is 11.3. The number of aromatic nitrogens is 2. The molecule has 1 saturated carbocycles. The van der Waals surface area contributed by atoms with Crippen molar-refractivity contribution in [3.05, 3.63) is 18.1 Å². The summed E-state index contributed by atoms with van der Waals surface area (Å²) in [5.41, 5.74) is 0.363. The van der Waals surface area contributed by atoms with Crippen LogP contribution in [-0.2, 0) is 0 Å². The molecule has 17 heavy (non-hydrogen) atoms. The molecular formula is C13H18N4. The van der Waals surface area contributed by atoms with Crippen LogP contribution in [0.25, 0.3) is 0 Å². The van der Waals surface area contributed by atoms with Gasteiger partial charge in [-0.05, 0) is 18.8 Å². The van der Waals surface area contributed by atoms with Gasteiger partial charge in [0, 0.05) is 6.54 Å². The summed E-state index contributed by atoms with van der Waals surface area (Å²) in [6.45, 7) is 0.942. The Morgan fingerprint density at radius 1 is 1.29 bits per heavy atom. The smallest absolute Gasteiger partial charge is 0.158 e. The van der Waals surface area contributed by atoms with E-state index in [0.717, 1.165) is 18.3 Å². The third-order valence-corrected chi connectivity index (χ3v) is 3.34. The lowest BCUT2D eigenvalue weighted by Gasteiger charge is -2.09. The van der Waals surface area contributed by atoms with E-state index in [9.17, 15) is 0 Å². The van der Waals surface area contributed by atoms with Crippen molar-refractivity contribution in [2.45, 2.75) is 38.5 Å². The summed E-state index contributed by atoms with van der Waals surface area (Å²) in [7, 11) is 0. The molecule has 0 aromatic carbocycles. The maximum Gasteiger partial charge on any atom is 0.158 e. The lowest BCUT2D eigenvalue weighted by molar-refractivity contribution is 0.491. The van der Waals surface area contributed by atoms with E-state index < -0.39 is 0 Å². The number of anilines is 1. The van der Waals surface area contributed by atoms with E-state index in [0.29, 0.717) is 5.69 Å². The van der Waals surface area contributed by atoms with Gasteiger partial charge < -0.3 is 5.32 Å². The molecule has 1 N–H and O–H groups in total. The molecule has 4 nitrogen and oxygen atoms in total. The molecule has 0 unspecified atom stereocenters. The fraction of sp³-hybridized carbons (Fsp3) is 0.615. The van der Waals surface area contributed by atoms with Crippen LogP contribution in [-0.4, -0.2) is 16.5 Å². The fourth-order valence-corrected chi connectivity index (χ4v) is 2.38. The molecule has 1 aliphatic carbocycles. The predicted molar refractivity (Wildman–Crippen MR) is 66.4 cm³/mol. The first-order chi connectivity index (χ1) is 8.38. The molecule has 1 fully saturated rings. The van der Waals surface area contributed by atoms with Crippen LogP contribution < -0.4 is 5.32 Å². The highest BCUT2D eigenvalue weighted by atomic mass is 15.0. The van der Waals surface area contributed by atoms with E-state index in [4.69, 9.17) is 5.26 Å². The van der Waals surface area contributed by atoms with Gasteiger partial charge in [0.05, 0.1) is 12.4 Å². The Kier molecular flexibility index (Phi) is 4.31. The largest absolute Gasteiger partial charge is 0.369 e. The molecule has 0 amide bonds. The first-order valence-electron chi connectivity index (χ1n) is 6.34. The van der Waals surface area contributed by atoms with Crippen LogP contribution >= 0.6 is 0 Å². The molecule has 0 saturated heterocycles. The van der Waals surface area contributed by atoms with Crippen molar-refractivity contribution in [1.29, 1.82) is 5.26 Å². The lowest BCUT2D eigenvalue weighted by atomic mass is 10.0. The van der Waals surface area contributed by atoms with Crippen molar-refractivity contribution in [3.8, 4) is 6.07 Å². The average Bonchev–Trinajstić information content (AvgIpc) is 2.88. The first kappa shape index (κ1) is 11.8. The van der Waals surface area contributed by atoms with E-state index in [-0.39, 0.29) is 0 Å². The van der Waals surface area contributed by atoms with E-state index in [2.05, 4.69) is 15.3 Å². The Bertz CT molecular complexity index is 373.